The van der Waals surface area contributed by atoms with Crippen molar-refractivity contribution in [1.29, 1.82) is 0 Å². The highest BCUT2D eigenvalue weighted by atomic mass is 16.5. The van der Waals surface area contributed by atoms with Gasteiger partial charge >= 0.3 is 11.9 Å². The number of unbranched alkanes of at least 4 members (excludes halogenated alkanes) is 3. The van der Waals surface area contributed by atoms with Gasteiger partial charge in [0.15, 0.2) is 0 Å². The predicted octanol–water partition coefficient (Wildman–Crippen LogP) is 8.67. The molecule has 1 aliphatic carbocycles. The molecule has 2 fully saturated rings. The molecule has 3 atom stereocenters. The summed E-state index contributed by atoms with van der Waals surface area (Å²) >= 11 is 0. The van der Waals surface area contributed by atoms with Gasteiger partial charge in [0.1, 0.15) is 17.6 Å². The van der Waals surface area contributed by atoms with Crippen LogP contribution in [0.1, 0.15) is 93.4 Å². The van der Waals surface area contributed by atoms with Crippen molar-refractivity contribution in [2.24, 2.45) is 23.2 Å². The van der Waals surface area contributed by atoms with Gasteiger partial charge in [-0.15, -0.1) is 0 Å². The number of esters is 2. The molecule has 0 aromatic heterocycles. The van der Waals surface area contributed by atoms with Crippen LogP contribution in [0.25, 0.3) is 10.8 Å². The largest absolute Gasteiger partial charge is 0.494 e. The third-order valence-electron chi connectivity index (χ3n) is 9.37. The SMILES string of the molecule is CC1CCC(C(C)C)C(OC(=O)c2ccc3cc(OC(=O)c4ccc(OCCCCCCOCC5(C)COC5)cc4)ccc3c2)C1. The molecule has 1 saturated heterocycles. The van der Waals surface area contributed by atoms with Crippen LogP contribution >= 0.6 is 0 Å². The van der Waals surface area contributed by atoms with Gasteiger partial charge < -0.3 is 23.7 Å². The van der Waals surface area contributed by atoms with Gasteiger partial charge in [-0.2, -0.15) is 0 Å². The third-order valence-corrected chi connectivity index (χ3v) is 9.37. The van der Waals surface area contributed by atoms with E-state index in [1.54, 1.807) is 36.4 Å². The van der Waals surface area contributed by atoms with Crippen molar-refractivity contribution in [1.82, 2.24) is 0 Å². The van der Waals surface area contributed by atoms with Crippen molar-refractivity contribution in [2.75, 3.05) is 33.0 Å². The molecule has 3 aromatic carbocycles. The maximum Gasteiger partial charge on any atom is 0.343 e. The van der Waals surface area contributed by atoms with Gasteiger partial charge in [0, 0.05) is 12.0 Å². The number of hydrogen-bond acceptors (Lipinski definition) is 7. The molecule has 7 heteroatoms. The Morgan fingerprint density at radius 3 is 2.22 bits per heavy atom. The number of rotatable bonds is 15. The molecule has 0 radical (unpaired) electrons. The Balaban J connectivity index is 1.04. The summed E-state index contributed by atoms with van der Waals surface area (Å²) in [4.78, 5) is 25.9. The smallest absolute Gasteiger partial charge is 0.343 e. The number of benzene rings is 3. The van der Waals surface area contributed by atoms with Crippen LogP contribution in [0.5, 0.6) is 11.5 Å². The molecule has 0 amide bonds. The summed E-state index contributed by atoms with van der Waals surface area (Å²) in [6, 6.07) is 18.0. The molecular weight excluding hydrogens is 580 g/mol. The fourth-order valence-electron chi connectivity index (χ4n) is 6.43. The first kappa shape index (κ1) is 33.9. The molecule has 1 saturated carbocycles. The van der Waals surface area contributed by atoms with Gasteiger partial charge in [0.2, 0.25) is 0 Å². The molecule has 0 N–H and O–H groups in total. The van der Waals surface area contributed by atoms with Gasteiger partial charge in [-0.05, 0) is 109 Å². The summed E-state index contributed by atoms with van der Waals surface area (Å²) in [5.41, 5.74) is 1.20. The predicted molar refractivity (Wildman–Crippen MR) is 180 cm³/mol. The lowest BCUT2D eigenvalue weighted by atomic mass is 9.75. The Morgan fingerprint density at radius 1 is 0.826 bits per heavy atom. The Hall–Kier alpha value is -3.42. The molecule has 7 nitrogen and oxygen atoms in total. The van der Waals surface area contributed by atoms with E-state index in [0.717, 1.165) is 81.5 Å². The highest BCUT2D eigenvalue weighted by Gasteiger charge is 2.34. The third kappa shape index (κ3) is 9.32. The van der Waals surface area contributed by atoms with Gasteiger partial charge in [-0.25, -0.2) is 9.59 Å². The fraction of sp³-hybridized carbons (Fsp3) is 0.538. The Labute approximate surface area is 273 Å². The number of fused-ring (bicyclic) bond motifs is 1. The minimum atomic E-state index is -0.437. The van der Waals surface area contributed by atoms with Crippen LogP contribution in [0.15, 0.2) is 60.7 Å². The van der Waals surface area contributed by atoms with Crippen LogP contribution in [0.3, 0.4) is 0 Å². The summed E-state index contributed by atoms with van der Waals surface area (Å²) in [6.07, 6.45) is 7.39. The molecule has 5 rings (SSSR count). The number of ether oxygens (including phenoxy) is 5. The molecule has 0 spiro atoms. The summed E-state index contributed by atoms with van der Waals surface area (Å²) in [5.74, 6) is 1.90. The Bertz CT molecular complexity index is 1440. The van der Waals surface area contributed by atoms with E-state index >= 15 is 0 Å². The number of hydrogen-bond donors (Lipinski definition) is 0. The molecule has 3 aromatic rings. The zero-order valence-corrected chi connectivity index (χ0v) is 27.9. The molecule has 0 bridgehead atoms. The van der Waals surface area contributed by atoms with Gasteiger partial charge in [-0.3, -0.25) is 0 Å². The van der Waals surface area contributed by atoms with Crippen LogP contribution in [0, 0.1) is 23.2 Å². The van der Waals surface area contributed by atoms with E-state index in [0.29, 0.717) is 41.2 Å². The van der Waals surface area contributed by atoms with Crippen molar-refractivity contribution in [2.45, 2.75) is 78.7 Å². The molecule has 2 aliphatic rings. The lowest BCUT2D eigenvalue weighted by Crippen LogP contribution is -2.43. The van der Waals surface area contributed by atoms with Crippen molar-refractivity contribution in [3.63, 3.8) is 0 Å². The highest BCUT2D eigenvalue weighted by molar-refractivity contribution is 5.96. The first-order valence-corrected chi connectivity index (χ1v) is 17.0. The summed E-state index contributed by atoms with van der Waals surface area (Å²) in [7, 11) is 0. The number of carbonyl (C=O) groups is 2. The molecule has 3 unspecified atom stereocenters. The van der Waals surface area contributed by atoms with E-state index in [1.807, 2.05) is 24.3 Å². The van der Waals surface area contributed by atoms with Crippen molar-refractivity contribution < 1.29 is 33.3 Å². The second-order valence-corrected chi connectivity index (χ2v) is 14.0. The Kier molecular flexibility index (Phi) is 11.7. The maximum absolute atomic E-state index is 13.1. The van der Waals surface area contributed by atoms with Crippen LogP contribution in [-0.4, -0.2) is 51.1 Å². The summed E-state index contributed by atoms with van der Waals surface area (Å²) in [6.45, 7) is 12.7. The van der Waals surface area contributed by atoms with Crippen LogP contribution < -0.4 is 9.47 Å². The van der Waals surface area contributed by atoms with E-state index in [4.69, 9.17) is 23.7 Å². The standard InChI is InChI=1S/C39H50O7/c1-27(2)35-18-9-28(3)21-36(35)46-38(41)32-11-10-31-23-34(17-14-30(31)22-32)45-37(40)29-12-15-33(16-13-29)44-20-8-6-5-7-19-42-24-39(4)25-43-26-39/h10-17,22-23,27-28,35-36H,5-9,18-21,24-26H2,1-4H3. The summed E-state index contributed by atoms with van der Waals surface area (Å²) < 4.78 is 28.6. The van der Waals surface area contributed by atoms with E-state index < -0.39 is 5.97 Å². The fourth-order valence-corrected chi connectivity index (χ4v) is 6.43. The van der Waals surface area contributed by atoms with E-state index in [1.165, 1.54) is 6.42 Å². The van der Waals surface area contributed by atoms with Gasteiger partial charge in [0.25, 0.3) is 0 Å². The lowest BCUT2D eigenvalue weighted by Gasteiger charge is -2.37. The maximum atomic E-state index is 13.1. The lowest BCUT2D eigenvalue weighted by molar-refractivity contribution is -0.137. The average molecular weight is 631 g/mol. The van der Waals surface area contributed by atoms with E-state index in [2.05, 4.69) is 27.7 Å². The van der Waals surface area contributed by atoms with Gasteiger partial charge in [0.05, 0.1) is 37.6 Å². The zero-order valence-electron chi connectivity index (χ0n) is 27.9. The second kappa shape index (κ2) is 15.9. The van der Waals surface area contributed by atoms with Crippen molar-refractivity contribution >= 4 is 22.7 Å². The quantitative estimate of drug-likeness (QED) is 0.0944. The molecule has 1 aliphatic heterocycles. The van der Waals surface area contributed by atoms with Crippen molar-refractivity contribution in [3.05, 3.63) is 71.8 Å². The van der Waals surface area contributed by atoms with Crippen molar-refractivity contribution in [3.8, 4) is 11.5 Å². The van der Waals surface area contributed by atoms with Crippen LogP contribution in [0.2, 0.25) is 0 Å². The number of carbonyl (C=O) groups excluding carboxylic acids is 2. The zero-order chi connectivity index (χ0) is 32.5. The highest BCUT2D eigenvalue weighted by Crippen LogP contribution is 2.36. The van der Waals surface area contributed by atoms with Crippen LogP contribution in [-0.2, 0) is 14.2 Å². The van der Waals surface area contributed by atoms with E-state index in [-0.39, 0.29) is 17.5 Å². The Morgan fingerprint density at radius 2 is 1.50 bits per heavy atom. The first-order chi connectivity index (χ1) is 22.2. The minimum Gasteiger partial charge on any atom is -0.494 e. The molecule has 248 valence electrons. The summed E-state index contributed by atoms with van der Waals surface area (Å²) in [5, 5.41) is 1.76. The molecule has 1 heterocycles. The topological polar surface area (TPSA) is 80.3 Å². The minimum absolute atomic E-state index is 0.0446. The molecule has 46 heavy (non-hydrogen) atoms. The van der Waals surface area contributed by atoms with Crippen LogP contribution in [0.4, 0.5) is 0 Å². The molecular formula is C39H50O7. The monoisotopic (exact) mass is 630 g/mol. The van der Waals surface area contributed by atoms with Gasteiger partial charge in [-0.1, -0.05) is 52.7 Å². The van der Waals surface area contributed by atoms with E-state index in [9.17, 15) is 9.59 Å². The normalized spacial score (nSPS) is 20.7. The first-order valence-electron chi connectivity index (χ1n) is 17.0. The average Bonchev–Trinajstić information content (AvgIpc) is 3.03. The second-order valence-electron chi connectivity index (χ2n) is 14.0.